The van der Waals surface area contributed by atoms with Crippen LogP contribution < -0.4 is 10.1 Å². The van der Waals surface area contributed by atoms with Gasteiger partial charge in [-0.3, -0.25) is 0 Å². The third kappa shape index (κ3) is 3.15. The highest BCUT2D eigenvalue weighted by Crippen LogP contribution is 2.42. The molecule has 0 bridgehead atoms. The van der Waals surface area contributed by atoms with Crippen molar-refractivity contribution in [2.24, 2.45) is 5.92 Å². The number of rotatable bonds is 7. The standard InChI is InChI=1S/C17H27NO2/c1-6-20-17(13-7-8-13)16(18-4)15-12(3)9-11(2)10-14(15)19-5/h9-10,13,16-18H,6-8H2,1-5H3. The Labute approximate surface area is 122 Å². The van der Waals surface area contributed by atoms with Crippen LogP contribution in [0.4, 0.5) is 0 Å². The summed E-state index contributed by atoms with van der Waals surface area (Å²) in [4.78, 5) is 0. The van der Waals surface area contributed by atoms with Crippen molar-refractivity contribution in [1.82, 2.24) is 5.32 Å². The third-order valence-corrected chi connectivity index (χ3v) is 4.11. The Morgan fingerprint density at radius 2 is 2.00 bits per heavy atom. The number of hydrogen-bond donors (Lipinski definition) is 1. The first kappa shape index (κ1) is 15.3. The molecule has 1 N–H and O–H groups in total. The molecule has 0 radical (unpaired) electrons. The van der Waals surface area contributed by atoms with Crippen LogP contribution in [0.5, 0.6) is 5.75 Å². The number of hydrogen-bond acceptors (Lipinski definition) is 3. The average Bonchev–Trinajstić information content (AvgIpc) is 3.24. The summed E-state index contributed by atoms with van der Waals surface area (Å²) in [5, 5.41) is 3.45. The third-order valence-electron chi connectivity index (χ3n) is 4.11. The quantitative estimate of drug-likeness (QED) is 0.828. The second-order valence-corrected chi connectivity index (χ2v) is 5.72. The van der Waals surface area contributed by atoms with Crippen LogP contribution in [-0.4, -0.2) is 26.9 Å². The number of ether oxygens (including phenoxy) is 2. The second kappa shape index (κ2) is 6.59. The van der Waals surface area contributed by atoms with Crippen LogP contribution in [0.25, 0.3) is 0 Å². The van der Waals surface area contributed by atoms with Crippen LogP contribution in [0.15, 0.2) is 12.1 Å². The van der Waals surface area contributed by atoms with E-state index in [1.807, 2.05) is 7.05 Å². The number of methoxy groups -OCH3 is 1. The van der Waals surface area contributed by atoms with E-state index in [-0.39, 0.29) is 12.1 Å². The van der Waals surface area contributed by atoms with Crippen molar-refractivity contribution in [3.63, 3.8) is 0 Å². The van der Waals surface area contributed by atoms with Crippen molar-refractivity contribution < 1.29 is 9.47 Å². The van der Waals surface area contributed by atoms with Gasteiger partial charge in [0.05, 0.1) is 19.3 Å². The molecule has 2 atom stereocenters. The van der Waals surface area contributed by atoms with E-state index in [1.165, 1.54) is 29.5 Å². The van der Waals surface area contributed by atoms with E-state index in [9.17, 15) is 0 Å². The molecule has 0 heterocycles. The number of likely N-dealkylation sites (N-methyl/N-ethyl adjacent to an activating group) is 1. The summed E-state index contributed by atoms with van der Waals surface area (Å²) in [6.45, 7) is 7.09. The first-order chi connectivity index (χ1) is 9.62. The minimum absolute atomic E-state index is 0.193. The molecule has 20 heavy (non-hydrogen) atoms. The lowest BCUT2D eigenvalue weighted by Crippen LogP contribution is -2.34. The fourth-order valence-electron chi connectivity index (χ4n) is 3.10. The minimum Gasteiger partial charge on any atom is -0.496 e. The van der Waals surface area contributed by atoms with E-state index >= 15 is 0 Å². The summed E-state index contributed by atoms with van der Waals surface area (Å²) < 4.78 is 11.7. The Balaban J connectivity index is 2.39. The Hall–Kier alpha value is -1.06. The zero-order valence-electron chi connectivity index (χ0n) is 13.3. The van der Waals surface area contributed by atoms with Gasteiger partial charge in [0.2, 0.25) is 0 Å². The normalized spacial score (nSPS) is 17.9. The molecule has 1 aliphatic carbocycles. The smallest absolute Gasteiger partial charge is 0.124 e. The molecule has 0 spiro atoms. The van der Waals surface area contributed by atoms with E-state index in [4.69, 9.17) is 9.47 Å². The van der Waals surface area contributed by atoms with Crippen molar-refractivity contribution >= 4 is 0 Å². The Morgan fingerprint density at radius 3 is 2.50 bits per heavy atom. The van der Waals surface area contributed by atoms with Gasteiger partial charge < -0.3 is 14.8 Å². The van der Waals surface area contributed by atoms with E-state index in [1.54, 1.807) is 7.11 Å². The van der Waals surface area contributed by atoms with E-state index in [0.717, 1.165) is 12.4 Å². The van der Waals surface area contributed by atoms with Crippen LogP contribution in [0.3, 0.4) is 0 Å². The Morgan fingerprint density at radius 1 is 1.30 bits per heavy atom. The molecule has 1 aliphatic rings. The predicted molar refractivity (Wildman–Crippen MR) is 82.4 cm³/mol. The number of aryl methyl sites for hydroxylation is 2. The van der Waals surface area contributed by atoms with Gasteiger partial charge in [-0.05, 0) is 63.8 Å². The van der Waals surface area contributed by atoms with Gasteiger partial charge in [-0.1, -0.05) is 6.07 Å². The van der Waals surface area contributed by atoms with Crippen molar-refractivity contribution in [2.45, 2.75) is 45.8 Å². The van der Waals surface area contributed by atoms with E-state index in [0.29, 0.717) is 5.92 Å². The van der Waals surface area contributed by atoms with Gasteiger partial charge in [-0.25, -0.2) is 0 Å². The van der Waals surface area contributed by atoms with Crippen LogP contribution >= 0.6 is 0 Å². The molecule has 2 rings (SSSR count). The Bertz CT molecular complexity index is 455. The summed E-state index contributed by atoms with van der Waals surface area (Å²) in [5.74, 6) is 1.64. The fraction of sp³-hybridized carbons (Fsp3) is 0.647. The maximum atomic E-state index is 6.04. The van der Waals surface area contributed by atoms with Gasteiger partial charge in [-0.2, -0.15) is 0 Å². The van der Waals surface area contributed by atoms with Crippen LogP contribution in [0.1, 0.15) is 42.5 Å². The van der Waals surface area contributed by atoms with Crippen molar-refractivity contribution in [3.05, 3.63) is 28.8 Å². The highest BCUT2D eigenvalue weighted by atomic mass is 16.5. The zero-order valence-corrected chi connectivity index (χ0v) is 13.3. The van der Waals surface area contributed by atoms with Crippen molar-refractivity contribution in [3.8, 4) is 5.75 Å². The fourth-order valence-corrected chi connectivity index (χ4v) is 3.10. The van der Waals surface area contributed by atoms with Crippen LogP contribution in [0, 0.1) is 19.8 Å². The molecular formula is C17H27NO2. The molecule has 0 aromatic heterocycles. The van der Waals surface area contributed by atoms with Crippen LogP contribution in [0.2, 0.25) is 0 Å². The first-order valence-corrected chi connectivity index (χ1v) is 7.56. The van der Waals surface area contributed by atoms with Gasteiger partial charge in [0.1, 0.15) is 5.75 Å². The molecule has 1 aromatic rings. The summed E-state index contributed by atoms with van der Waals surface area (Å²) >= 11 is 0. The van der Waals surface area contributed by atoms with Gasteiger partial charge in [0, 0.05) is 12.2 Å². The SMILES string of the molecule is CCOC(C1CC1)C(NC)c1c(C)cc(C)cc1OC. The lowest BCUT2D eigenvalue weighted by molar-refractivity contribution is 0.0197. The molecule has 3 heteroatoms. The van der Waals surface area contributed by atoms with Gasteiger partial charge in [0.15, 0.2) is 0 Å². The number of nitrogens with one attached hydrogen (secondary N) is 1. The Kier molecular flexibility index (Phi) is 5.06. The predicted octanol–water partition coefficient (Wildman–Crippen LogP) is 3.39. The molecule has 3 nitrogen and oxygen atoms in total. The monoisotopic (exact) mass is 277 g/mol. The molecule has 0 aliphatic heterocycles. The summed E-state index contributed by atoms with van der Waals surface area (Å²) in [6.07, 6.45) is 2.78. The van der Waals surface area contributed by atoms with E-state index in [2.05, 4.69) is 38.2 Å². The molecule has 1 saturated carbocycles. The topological polar surface area (TPSA) is 30.5 Å². The zero-order chi connectivity index (χ0) is 14.7. The average molecular weight is 277 g/mol. The highest BCUT2D eigenvalue weighted by molar-refractivity contribution is 5.45. The van der Waals surface area contributed by atoms with Crippen molar-refractivity contribution in [1.29, 1.82) is 0 Å². The minimum atomic E-state index is 0.193. The summed E-state index contributed by atoms with van der Waals surface area (Å²) in [6, 6.07) is 4.53. The molecule has 1 aromatic carbocycles. The summed E-state index contributed by atoms with van der Waals surface area (Å²) in [5.41, 5.74) is 3.75. The molecule has 112 valence electrons. The maximum absolute atomic E-state index is 6.04. The molecule has 2 unspecified atom stereocenters. The largest absolute Gasteiger partial charge is 0.496 e. The molecular weight excluding hydrogens is 250 g/mol. The lowest BCUT2D eigenvalue weighted by atomic mass is 9.92. The molecule has 1 fully saturated rings. The van der Waals surface area contributed by atoms with Gasteiger partial charge >= 0.3 is 0 Å². The lowest BCUT2D eigenvalue weighted by Gasteiger charge is -2.30. The summed E-state index contributed by atoms with van der Waals surface area (Å²) in [7, 11) is 3.76. The molecule has 0 amide bonds. The maximum Gasteiger partial charge on any atom is 0.124 e. The highest BCUT2D eigenvalue weighted by Gasteiger charge is 2.38. The van der Waals surface area contributed by atoms with Gasteiger partial charge in [0.25, 0.3) is 0 Å². The van der Waals surface area contributed by atoms with Crippen molar-refractivity contribution in [2.75, 3.05) is 20.8 Å². The van der Waals surface area contributed by atoms with Crippen LogP contribution in [-0.2, 0) is 4.74 Å². The van der Waals surface area contributed by atoms with E-state index < -0.39 is 0 Å². The van der Waals surface area contributed by atoms with Gasteiger partial charge in [-0.15, -0.1) is 0 Å². The number of benzene rings is 1. The molecule has 0 saturated heterocycles. The second-order valence-electron chi connectivity index (χ2n) is 5.72. The first-order valence-electron chi connectivity index (χ1n) is 7.56.